The molecule has 2 aromatic heterocycles. The van der Waals surface area contributed by atoms with Crippen LogP contribution >= 0.6 is 0 Å². The van der Waals surface area contributed by atoms with E-state index in [1.165, 1.54) is 10.2 Å². The van der Waals surface area contributed by atoms with Gasteiger partial charge in [0.15, 0.2) is 0 Å². The Kier molecular flexibility index (Phi) is 5.95. The van der Waals surface area contributed by atoms with Gasteiger partial charge in [0.25, 0.3) is 5.56 Å². The van der Waals surface area contributed by atoms with E-state index in [1.807, 2.05) is 73.9 Å². The number of rotatable bonds is 6. The quantitative estimate of drug-likeness (QED) is 0.498. The number of hydrogen-bond acceptors (Lipinski definition) is 3. The van der Waals surface area contributed by atoms with Crippen molar-refractivity contribution in [2.75, 3.05) is 6.54 Å². The average molecular weight is 429 g/mol. The number of aromatic nitrogens is 3. The molecule has 0 aliphatic heterocycles. The first kappa shape index (κ1) is 21.6. The van der Waals surface area contributed by atoms with Crippen molar-refractivity contribution in [1.82, 2.24) is 19.7 Å². The standard InChI is InChI=1S/C26H28N4O2/c1-17(21-11-7-5-8-12-21)15-27-25(31)20(4)29-18(2)23-16-28-30(22-13-9-6-10-14-22)26(32)24(23)19(29)3/h5-14,16-17,20H,15H2,1-4H3,(H,27,31)/t17-,20+/m1/s1. The fourth-order valence-electron chi connectivity index (χ4n) is 4.33. The number of carbonyl (C=O) groups excluding carboxylic acids is 1. The van der Waals surface area contributed by atoms with Gasteiger partial charge in [-0.25, -0.2) is 0 Å². The van der Waals surface area contributed by atoms with Gasteiger partial charge in [0.1, 0.15) is 6.04 Å². The third kappa shape index (κ3) is 3.84. The van der Waals surface area contributed by atoms with Crippen molar-refractivity contribution in [3.8, 4) is 5.69 Å². The second-order valence-electron chi connectivity index (χ2n) is 8.26. The van der Waals surface area contributed by atoms with E-state index in [9.17, 15) is 9.59 Å². The van der Waals surface area contributed by atoms with Crippen LogP contribution in [0.15, 0.2) is 71.7 Å². The van der Waals surface area contributed by atoms with Crippen LogP contribution in [0, 0.1) is 13.8 Å². The van der Waals surface area contributed by atoms with E-state index in [-0.39, 0.29) is 17.4 Å². The van der Waals surface area contributed by atoms with Crippen molar-refractivity contribution in [1.29, 1.82) is 0 Å². The van der Waals surface area contributed by atoms with Gasteiger partial charge in [-0.15, -0.1) is 0 Å². The van der Waals surface area contributed by atoms with Crippen molar-refractivity contribution in [2.45, 2.75) is 39.7 Å². The zero-order valence-electron chi connectivity index (χ0n) is 18.9. The molecule has 4 rings (SSSR count). The Hall–Kier alpha value is -3.67. The Morgan fingerprint density at radius 1 is 0.969 bits per heavy atom. The van der Waals surface area contributed by atoms with Crippen LogP contribution in [-0.2, 0) is 4.79 Å². The molecule has 4 aromatic rings. The molecule has 0 unspecified atom stereocenters. The fraction of sp³-hybridized carbons (Fsp3) is 0.269. The van der Waals surface area contributed by atoms with Crippen LogP contribution in [0.25, 0.3) is 16.5 Å². The van der Waals surface area contributed by atoms with E-state index in [1.54, 1.807) is 6.20 Å². The number of nitrogens with zero attached hydrogens (tertiary/aromatic N) is 3. The third-order valence-electron chi connectivity index (χ3n) is 6.17. The van der Waals surface area contributed by atoms with E-state index in [2.05, 4.69) is 29.5 Å². The molecular weight excluding hydrogens is 400 g/mol. The first-order valence-corrected chi connectivity index (χ1v) is 10.9. The third-order valence-corrected chi connectivity index (χ3v) is 6.17. The number of nitrogens with one attached hydrogen (secondary N) is 1. The lowest BCUT2D eigenvalue weighted by Gasteiger charge is -2.20. The zero-order valence-corrected chi connectivity index (χ0v) is 18.9. The molecule has 2 heterocycles. The molecule has 6 heteroatoms. The van der Waals surface area contributed by atoms with Crippen LogP contribution in [0.2, 0.25) is 0 Å². The number of fused-ring (bicyclic) bond motifs is 1. The van der Waals surface area contributed by atoms with Gasteiger partial charge in [-0.2, -0.15) is 9.78 Å². The first-order chi connectivity index (χ1) is 15.4. The zero-order chi connectivity index (χ0) is 22.8. The smallest absolute Gasteiger partial charge is 0.281 e. The second-order valence-corrected chi connectivity index (χ2v) is 8.26. The van der Waals surface area contributed by atoms with E-state index >= 15 is 0 Å². The lowest BCUT2D eigenvalue weighted by Crippen LogP contribution is -2.34. The molecule has 32 heavy (non-hydrogen) atoms. The van der Waals surface area contributed by atoms with Crippen LogP contribution in [0.4, 0.5) is 0 Å². The minimum absolute atomic E-state index is 0.0735. The number of aryl methyl sites for hydroxylation is 2. The van der Waals surface area contributed by atoms with Crippen molar-refractivity contribution in [3.05, 3.63) is 94.2 Å². The lowest BCUT2D eigenvalue weighted by atomic mass is 10.0. The van der Waals surface area contributed by atoms with Crippen molar-refractivity contribution < 1.29 is 4.79 Å². The fourth-order valence-corrected chi connectivity index (χ4v) is 4.33. The second kappa shape index (κ2) is 8.83. The number of para-hydroxylation sites is 1. The maximum absolute atomic E-state index is 13.3. The molecule has 0 fully saturated rings. The van der Waals surface area contributed by atoms with Gasteiger partial charge in [0.05, 0.1) is 17.3 Å². The predicted molar refractivity (Wildman–Crippen MR) is 127 cm³/mol. The van der Waals surface area contributed by atoms with Crippen LogP contribution in [0.3, 0.4) is 0 Å². The maximum atomic E-state index is 13.3. The molecule has 0 aliphatic rings. The SMILES string of the molecule is Cc1c2cnn(-c3ccccc3)c(=O)c2c(C)n1[C@@H](C)C(=O)NC[C@@H](C)c1ccccc1. The van der Waals surface area contributed by atoms with E-state index in [0.29, 0.717) is 17.6 Å². The molecule has 0 bridgehead atoms. The average Bonchev–Trinajstić information content (AvgIpc) is 3.08. The van der Waals surface area contributed by atoms with Gasteiger partial charge >= 0.3 is 0 Å². The summed E-state index contributed by atoms with van der Waals surface area (Å²) in [6.07, 6.45) is 1.71. The summed E-state index contributed by atoms with van der Waals surface area (Å²) < 4.78 is 3.34. The van der Waals surface area contributed by atoms with Gasteiger partial charge in [0, 0.05) is 23.3 Å². The Labute approximate surface area is 187 Å². The van der Waals surface area contributed by atoms with Gasteiger partial charge < -0.3 is 9.88 Å². The van der Waals surface area contributed by atoms with E-state index in [4.69, 9.17) is 0 Å². The number of amides is 1. The molecule has 1 amide bonds. The van der Waals surface area contributed by atoms with Crippen LogP contribution < -0.4 is 10.9 Å². The van der Waals surface area contributed by atoms with Crippen LogP contribution in [0.1, 0.15) is 42.8 Å². The molecular formula is C26H28N4O2. The molecule has 1 N–H and O–H groups in total. The summed E-state index contributed by atoms with van der Waals surface area (Å²) >= 11 is 0. The Balaban J connectivity index is 1.63. The Bertz CT molecular complexity index is 1310. The van der Waals surface area contributed by atoms with Crippen molar-refractivity contribution in [3.63, 3.8) is 0 Å². The Morgan fingerprint density at radius 2 is 1.59 bits per heavy atom. The molecule has 0 radical (unpaired) electrons. The van der Waals surface area contributed by atoms with Gasteiger partial charge in [-0.1, -0.05) is 55.5 Å². The highest BCUT2D eigenvalue weighted by Crippen LogP contribution is 2.26. The Morgan fingerprint density at radius 3 is 2.25 bits per heavy atom. The van der Waals surface area contributed by atoms with Gasteiger partial charge in [0.2, 0.25) is 5.91 Å². The summed E-state index contributed by atoms with van der Waals surface area (Å²) in [6, 6.07) is 19.0. The molecule has 2 aromatic carbocycles. The number of carbonyl (C=O) groups is 1. The van der Waals surface area contributed by atoms with Gasteiger partial charge in [-0.3, -0.25) is 9.59 Å². The van der Waals surface area contributed by atoms with Crippen LogP contribution in [-0.4, -0.2) is 26.8 Å². The number of benzene rings is 2. The minimum atomic E-state index is -0.449. The summed E-state index contributed by atoms with van der Waals surface area (Å²) in [4.78, 5) is 26.3. The maximum Gasteiger partial charge on any atom is 0.281 e. The van der Waals surface area contributed by atoms with Gasteiger partial charge in [-0.05, 0) is 44.4 Å². The number of hydrogen-bond donors (Lipinski definition) is 1. The highest BCUT2D eigenvalue weighted by molar-refractivity contribution is 5.89. The van der Waals surface area contributed by atoms with E-state index < -0.39 is 6.04 Å². The highest BCUT2D eigenvalue weighted by Gasteiger charge is 2.24. The molecule has 0 aliphatic carbocycles. The molecule has 164 valence electrons. The van der Waals surface area contributed by atoms with Crippen LogP contribution in [0.5, 0.6) is 0 Å². The van der Waals surface area contributed by atoms with Crippen molar-refractivity contribution in [2.24, 2.45) is 0 Å². The lowest BCUT2D eigenvalue weighted by molar-refractivity contribution is -0.124. The molecule has 2 atom stereocenters. The summed E-state index contributed by atoms with van der Waals surface area (Å²) in [5.41, 5.74) is 3.35. The molecule has 0 saturated heterocycles. The molecule has 0 saturated carbocycles. The topological polar surface area (TPSA) is 68.9 Å². The summed E-state index contributed by atoms with van der Waals surface area (Å²) in [5.74, 6) is 0.135. The van der Waals surface area contributed by atoms with Crippen molar-refractivity contribution >= 4 is 16.7 Å². The molecule has 0 spiro atoms. The predicted octanol–water partition coefficient (Wildman–Crippen LogP) is 4.28. The summed E-state index contributed by atoms with van der Waals surface area (Å²) in [7, 11) is 0. The normalized spacial score (nSPS) is 13.1. The first-order valence-electron chi connectivity index (χ1n) is 10.9. The highest BCUT2D eigenvalue weighted by atomic mass is 16.2. The minimum Gasteiger partial charge on any atom is -0.354 e. The molecule has 6 nitrogen and oxygen atoms in total. The largest absolute Gasteiger partial charge is 0.354 e. The van der Waals surface area contributed by atoms with E-state index in [0.717, 1.165) is 16.8 Å². The summed E-state index contributed by atoms with van der Waals surface area (Å²) in [6.45, 7) is 8.33. The monoisotopic (exact) mass is 428 g/mol. The summed E-state index contributed by atoms with van der Waals surface area (Å²) in [5, 5.41) is 8.82.